The summed E-state index contributed by atoms with van der Waals surface area (Å²) < 4.78 is 35.7. The number of hydrogen-bond donors (Lipinski definition) is 1. The van der Waals surface area contributed by atoms with Crippen molar-refractivity contribution in [2.45, 2.75) is 25.1 Å². The topological polar surface area (TPSA) is 20.2 Å². The number of rotatable bonds is 4. The minimum Gasteiger partial charge on any atom is -0.380 e. The molecule has 0 saturated carbocycles. The van der Waals surface area contributed by atoms with Crippen LogP contribution < -0.4 is 0 Å². The molecule has 0 spiro atoms. The number of halogens is 3. The standard InChI is InChI=1S/C12H13F3O/c13-12(14,15)11(16)9-5-4-8-10-6-2-1-3-7-10/h1-3,5-7,9,11,16H,4,8H2/b9-5+. The lowest BCUT2D eigenvalue weighted by Gasteiger charge is -2.09. The zero-order chi connectivity index (χ0) is 12.0. The fourth-order valence-corrected chi connectivity index (χ4v) is 1.23. The van der Waals surface area contributed by atoms with E-state index in [1.54, 1.807) is 0 Å². The Bertz CT molecular complexity index is 330. The lowest BCUT2D eigenvalue weighted by Crippen LogP contribution is -2.25. The van der Waals surface area contributed by atoms with Crippen molar-refractivity contribution in [3.63, 3.8) is 0 Å². The maximum absolute atomic E-state index is 11.9. The first kappa shape index (κ1) is 12.8. The van der Waals surface area contributed by atoms with Crippen LogP contribution in [-0.4, -0.2) is 17.4 Å². The Morgan fingerprint density at radius 1 is 1.19 bits per heavy atom. The van der Waals surface area contributed by atoms with E-state index in [0.717, 1.165) is 11.6 Å². The van der Waals surface area contributed by atoms with Gasteiger partial charge in [-0.2, -0.15) is 13.2 Å². The van der Waals surface area contributed by atoms with Gasteiger partial charge in [0.25, 0.3) is 0 Å². The summed E-state index contributed by atoms with van der Waals surface area (Å²) in [6, 6.07) is 9.46. The molecule has 1 N–H and O–H groups in total. The predicted molar refractivity (Wildman–Crippen MR) is 56.0 cm³/mol. The molecule has 0 aliphatic rings. The first-order chi connectivity index (χ1) is 7.50. The van der Waals surface area contributed by atoms with Crippen LogP contribution in [-0.2, 0) is 6.42 Å². The van der Waals surface area contributed by atoms with Crippen LogP contribution in [0.4, 0.5) is 13.2 Å². The van der Waals surface area contributed by atoms with Gasteiger partial charge < -0.3 is 5.11 Å². The number of alkyl halides is 3. The lowest BCUT2D eigenvalue weighted by molar-refractivity contribution is -0.187. The molecule has 0 bridgehead atoms. The van der Waals surface area contributed by atoms with Crippen LogP contribution in [0, 0.1) is 0 Å². The summed E-state index contributed by atoms with van der Waals surface area (Å²) in [7, 11) is 0. The van der Waals surface area contributed by atoms with Crippen LogP contribution in [0.3, 0.4) is 0 Å². The summed E-state index contributed by atoms with van der Waals surface area (Å²) in [6.07, 6.45) is -3.64. The normalized spacial score (nSPS) is 14.2. The summed E-state index contributed by atoms with van der Waals surface area (Å²) in [5, 5.41) is 8.67. The van der Waals surface area contributed by atoms with Gasteiger partial charge in [-0.15, -0.1) is 0 Å². The van der Waals surface area contributed by atoms with Crippen LogP contribution in [0.15, 0.2) is 42.5 Å². The van der Waals surface area contributed by atoms with Crippen molar-refractivity contribution in [3.8, 4) is 0 Å². The van der Waals surface area contributed by atoms with Gasteiger partial charge in [-0.05, 0) is 18.4 Å². The fraction of sp³-hybridized carbons (Fsp3) is 0.333. The second-order valence-corrected chi connectivity index (χ2v) is 3.44. The molecule has 0 heterocycles. The van der Waals surface area contributed by atoms with E-state index in [1.807, 2.05) is 30.3 Å². The molecule has 1 nitrogen and oxygen atoms in total. The number of aryl methyl sites for hydroxylation is 1. The van der Waals surface area contributed by atoms with E-state index in [1.165, 1.54) is 6.08 Å². The Balaban J connectivity index is 2.34. The molecule has 1 aromatic carbocycles. The Hall–Kier alpha value is -1.29. The molecule has 0 radical (unpaired) electrons. The maximum atomic E-state index is 11.9. The van der Waals surface area contributed by atoms with E-state index in [4.69, 9.17) is 5.11 Å². The summed E-state index contributed by atoms with van der Waals surface area (Å²) in [5.74, 6) is 0. The molecule has 1 atom stereocenters. The largest absolute Gasteiger partial charge is 0.417 e. The van der Waals surface area contributed by atoms with Gasteiger partial charge >= 0.3 is 6.18 Å². The molecule has 1 unspecified atom stereocenters. The van der Waals surface area contributed by atoms with Gasteiger partial charge in [0.1, 0.15) is 0 Å². The first-order valence-corrected chi connectivity index (χ1v) is 4.95. The van der Waals surface area contributed by atoms with Crippen LogP contribution in [0.25, 0.3) is 0 Å². The summed E-state index contributed by atoms with van der Waals surface area (Å²) >= 11 is 0. The van der Waals surface area contributed by atoms with Crippen LogP contribution in [0.2, 0.25) is 0 Å². The average molecular weight is 230 g/mol. The van der Waals surface area contributed by atoms with E-state index in [9.17, 15) is 13.2 Å². The van der Waals surface area contributed by atoms with Gasteiger partial charge in [0, 0.05) is 0 Å². The molecule has 16 heavy (non-hydrogen) atoms. The molecule has 0 aromatic heterocycles. The summed E-state index contributed by atoms with van der Waals surface area (Å²) in [4.78, 5) is 0. The summed E-state index contributed by atoms with van der Waals surface area (Å²) in [5.41, 5.74) is 1.06. The highest BCUT2D eigenvalue weighted by Crippen LogP contribution is 2.20. The van der Waals surface area contributed by atoms with Crippen molar-refractivity contribution >= 4 is 0 Å². The Morgan fingerprint density at radius 2 is 1.81 bits per heavy atom. The Labute approximate surface area is 92.2 Å². The van der Waals surface area contributed by atoms with Crippen molar-refractivity contribution in [3.05, 3.63) is 48.0 Å². The fourth-order valence-electron chi connectivity index (χ4n) is 1.23. The third-order valence-corrected chi connectivity index (χ3v) is 2.10. The highest BCUT2D eigenvalue weighted by molar-refractivity contribution is 5.15. The van der Waals surface area contributed by atoms with Crippen molar-refractivity contribution < 1.29 is 18.3 Å². The second kappa shape index (κ2) is 5.70. The van der Waals surface area contributed by atoms with E-state index in [-0.39, 0.29) is 0 Å². The number of aliphatic hydroxyl groups is 1. The molecule has 88 valence electrons. The third kappa shape index (κ3) is 4.49. The molecule has 4 heteroatoms. The van der Waals surface area contributed by atoms with E-state index in [2.05, 4.69) is 0 Å². The number of hydrogen-bond acceptors (Lipinski definition) is 1. The van der Waals surface area contributed by atoms with Crippen molar-refractivity contribution in [2.75, 3.05) is 0 Å². The minimum absolute atomic E-state index is 0.483. The number of allylic oxidation sites excluding steroid dienone is 1. The Morgan fingerprint density at radius 3 is 2.38 bits per heavy atom. The smallest absolute Gasteiger partial charge is 0.380 e. The van der Waals surface area contributed by atoms with Crippen molar-refractivity contribution in [1.29, 1.82) is 0 Å². The van der Waals surface area contributed by atoms with Gasteiger partial charge in [0.05, 0.1) is 0 Å². The van der Waals surface area contributed by atoms with Gasteiger partial charge in [0.2, 0.25) is 0 Å². The zero-order valence-corrected chi connectivity index (χ0v) is 8.61. The first-order valence-electron chi connectivity index (χ1n) is 4.95. The van der Waals surface area contributed by atoms with Gasteiger partial charge in [0.15, 0.2) is 6.10 Å². The number of aliphatic hydroxyl groups excluding tert-OH is 1. The van der Waals surface area contributed by atoms with E-state index in [0.29, 0.717) is 12.8 Å². The highest BCUT2D eigenvalue weighted by atomic mass is 19.4. The monoisotopic (exact) mass is 230 g/mol. The lowest BCUT2D eigenvalue weighted by atomic mass is 10.1. The molecule has 0 saturated heterocycles. The zero-order valence-electron chi connectivity index (χ0n) is 8.61. The van der Waals surface area contributed by atoms with E-state index < -0.39 is 12.3 Å². The highest BCUT2D eigenvalue weighted by Gasteiger charge is 2.35. The van der Waals surface area contributed by atoms with E-state index >= 15 is 0 Å². The average Bonchev–Trinajstić information content (AvgIpc) is 2.24. The van der Waals surface area contributed by atoms with Crippen LogP contribution in [0.1, 0.15) is 12.0 Å². The Kier molecular flexibility index (Phi) is 4.55. The quantitative estimate of drug-likeness (QED) is 0.788. The van der Waals surface area contributed by atoms with Crippen molar-refractivity contribution in [1.82, 2.24) is 0 Å². The molecular formula is C12H13F3O. The molecular weight excluding hydrogens is 217 g/mol. The maximum Gasteiger partial charge on any atom is 0.417 e. The second-order valence-electron chi connectivity index (χ2n) is 3.44. The van der Waals surface area contributed by atoms with Gasteiger partial charge in [-0.25, -0.2) is 0 Å². The number of benzene rings is 1. The molecule has 0 fully saturated rings. The predicted octanol–water partition coefficient (Wildman–Crippen LogP) is 3.10. The molecule has 1 rings (SSSR count). The molecule has 0 aliphatic carbocycles. The van der Waals surface area contributed by atoms with Crippen LogP contribution in [0.5, 0.6) is 0 Å². The molecule has 1 aromatic rings. The summed E-state index contributed by atoms with van der Waals surface area (Å²) in [6.45, 7) is 0. The third-order valence-electron chi connectivity index (χ3n) is 2.10. The minimum atomic E-state index is -4.57. The SMILES string of the molecule is OC(/C=C/CCc1ccccc1)C(F)(F)F. The van der Waals surface area contributed by atoms with Gasteiger partial charge in [-0.1, -0.05) is 42.5 Å². The van der Waals surface area contributed by atoms with Crippen molar-refractivity contribution in [2.24, 2.45) is 0 Å². The van der Waals surface area contributed by atoms with Crippen LogP contribution >= 0.6 is 0 Å². The molecule has 0 aliphatic heterocycles. The molecule has 0 amide bonds. The van der Waals surface area contributed by atoms with Gasteiger partial charge in [-0.3, -0.25) is 0 Å².